The first-order valence-electron chi connectivity index (χ1n) is 9.75. The summed E-state index contributed by atoms with van der Waals surface area (Å²) in [6.45, 7) is 0.798. The third-order valence-electron chi connectivity index (χ3n) is 4.99. The third-order valence-corrected chi connectivity index (χ3v) is 7.21. The molecule has 2 aromatic carbocycles. The molecule has 0 radical (unpaired) electrons. The van der Waals surface area contributed by atoms with Crippen LogP contribution in [0.4, 0.5) is 0 Å². The van der Waals surface area contributed by atoms with E-state index >= 15 is 0 Å². The Morgan fingerprint density at radius 3 is 2.37 bits per heavy atom. The van der Waals surface area contributed by atoms with Crippen LogP contribution in [0.15, 0.2) is 59.5 Å². The molecular weight excluding hydrogens is 426 g/mol. The molecule has 0 aromatic heterocycles. The lowest BCUT2D eigenvalue weighted by atomic mass is 10.1. The summed E-state index contributed by atoms with van der Waals surface area (Å²) >= 11 is 5.84. The Bertz CT molecular complexity index is 981. The Morgan fingerprint density at radius 2 is 1.67 bits per heavy atom. The van der Waals surface area contributed by atoms with Crippen LogP contribution in [0.1, 0.15) is 18.4 Å². The zero-order valence-electron chi connectivity index (χ0n) is 16.4. The van der Waals surface area contributed by atoms with E-state index in [1.54, 1.807) is 42.5 Å². The highest BCUT2D eigenvalue weighted by Gasteiger charge is 2.35. The van der Waals surface area contributed by atoms with Gasteiger partial charge in [0.25, 0.3) is 0 Å². The van der Waals surface area contributed by atoms with Gasteiger partial charge in [-0.2, -0.15) is 4.31 Å². The van der Waals surface area contributed by atoms with Gasteiger partial charge in [0.15, 0.2) is 0 Å². The second-order valence-electron chi connectivity index (χ2n) is 7.07. The highest BCUT2D eigenvalue weighted by molar-refractivity contribution is 7.89. The molecule has 1 aliphatic rings. The molecule has 2 aromatic rings. The van der Waals surface area contributed by atoms with E-state index in [1.807, 2.05) is 12.1 Å². The van der Waals surface area contributed by atoms with Crippen LogP contribution in [-0.4, -0.2) is 50.2 Å². The van der Waals surface area contributed by atoms with Crippen molar-refractivity contribution in [3.05, 3.63) is 65.2 Å². The molecule has 1 saturated heterocycles. The molecule has 1 unspecified atom stereocenters. The Labute approximate surface area is 181 Å². The number of amides is 2. The highest BCUT2D eigenvalue weighted by Crippen LogP contribution is 2.25. The van der Waals surface area contributed by atoms with E-state index in [0.717, 1.165) is 5.56 Å². The summed E-state index contributed by atoms with van der Waals surface area (Å²) in [5.74, 6) is -1.51. The third kappa shape index (κ3) is 5.59. The van der Waals surface area contributed by atoms with E-state index in [9.17, 15) is 18.0 Å². The van der Waals surface area contributed by atoms with Crippen molar-refractivity contribution in [2.24, 2.45) is 0 Å². The van der Waals surface area contributed by atoms with Crippen LogP contribution in [0.5, 0.6) is 0 Å². The zero-order chi connectivity index (χ0) is 21.6. The number of halogens is 1. The maximum atomic E-state index is 12.8. The van der Waals surface area contributed by atoms with Crippen LogP contribution < -0.4 is 10.6 Å². The van der Waals surface area contributed by atoms with Gasteiger partial charge in [-0.25, -0.2) is 8.42 Å². The second kappa shape index (κ2) is 10.1. The number of rotatable bonds is 7. The molecule has 7 nitrogen and oxygen atoms in total. The first-order chi connectivity index (χ1) is 14.4. The SMILES string of the molecule is O=C(NCCc1ccc(Cl)cc1)C(=O)NCC1CCCN1S(=O)(=O)c1ccccc1. The van der Waals surface area contributed by atoms with Crippen LogP contribution in [-0.2, 0) is 26.0 Å². The normalized spacial score (nSPS) is 16.9. The van der Waals surface area contributed by atoms with Crippen LogP contribution in [0.3, 0.4) is 0 Å². The lowest BCUT2D eigenvalue weighted by molar-refractivity contribution is -0.139. The van der Waals surface area contributed by atoms with Crippen molar-refractivity contribution in [1.82, 2.24) is 14.9 Å². The van der Waals surface area contributed by atoms with E-state index in [2.05, 4.69) is 10.6 Å². The van der Waals surface area contributed by atoms with Crippen molar-refractivity contribution in [2.75, 3.05) is 19.6 Å². The summed E-state index contributed by atoms with van der Waals surface area (Å²) in [4.78, 5) is 24.3. The van der Waals surface area contributed by atoms with Gasteiger partial charge < -0.3 is 10.6 Å². The maximum Gasteiger partial charge on any atom is 0.309 e. The fourth-order valence-electron chi connectivity index (χ4n) is 3.40. The van der Waals surface area contributed by atoms with Crippen LogP contribution in [0, 0.1) is 0 Å². The minimum atomic E-state index is -3.63. The number of hydrogen-bond donors (Lipinski definition) is 2. The largest absolute Gasteiger partial charge is 0.348 e. The van der Waals surface area contributed by atoms with Gasteiger partial charge >= 0.3 is 11.8 Å². The van der Waals surface area contributed by atoms with E-state index < -0.39 is 21.8 Å². The number of nitrogens with one attached hydrogen (secondary N) is 2. The molecule has 1 heterocycles. The number of benzene rings is 2. The Balaban J connectivity index is 1.48. The summed E-state index contributed by atoms with van der Waals surface area (Å²) in [7, 11) is -3.63. The average Bonchev–Trinajstić information content (AvgIpc) is 3.23. The number of carbonyl (C=O) groups is 2. The molecule has 3 rings (SSSR count). The van der Waals surface area contributed by atoms with E-state index in [1.165, 1.54) is 4.31 Å². The molecule has 2 amide bonds. The molecule has 0 aliphatic carbocycles. The van der Waals surface area contributed by atoms with Gasteiger partial charge in [0.1, 0.15) is 0 Å². The van der Waals surface area contributed by atoms with Gasteiger partial charge in [-0.3, -0.25) is 9.59 Å². The molecule has 9 heteroatoms. The minimum Gasteiger partial charge on any atom is -0.348 e. The number of carbonyl (C=O) groups excluding carboxylic acids is 2. The molecule has 160 valence electrons. The summed E-state index contributed by atoms with van der Waals surface area (Å²) in [6.07, 6.45) is 1.91. The van der Waals surface area contributed by atoms with Crippen molar-refractivity contribution >= 4 is 33.4 Å². The predicted molar refractivity (Wildman–Crippen MR) is 115 cm³/mol. The zero-order valence-corrected chi connectivity index (χ0v) is 18.0. The van der Waals surface area contributed by atoms with Gasteiger partial charge in [0.2, 0.25) is 10.0 Å². The molecule has 30 heavy (non-hydrogen) atoms. The molecule has 0 bridgehead atoms. The summed E-state index contributed by atoms with van der Waals surface area (Å²) in [5.41, 5.74) is 0.993. The van der Waals surface area contributed by atoms with E-state index in [-0.39, 0.29) is 17.5 Å². The van der Waals surface area contributed by atoms with Crippen molar-refractivity contribution < 1.29 is 18.0 Å². The highest BCUT2D eigenvalue weighted by atomic mass is 35.5. The van der Waals surface area contributed by atoms with Crippen LogP contribution in [0.2, 0.25) is 5.02 Å². The Hall–Kier alpha value is -2.42. The van der Waals surface area contributed by atoms with Gasteiger partial charge in [0, 0.05) is 30.7 Å². The maximum absolute atomic E-state index is 12.8. The van der Waals surface area contributed by atoms with Crippen LogP contribution >= 0.6 is 11.6 Å². The van der Waals surface area contributed by atoms with Crippen molar-refractivity contribution in [3.8, 4) is 0 Å². The standard InChI is InChI=1S/C21H24ClN3O4S/c22-17-10-8-16(9-11-17)12-13-23-20(26)21(27)24-15-18-5-4-14-25(18)30(28,29)19-6-2-1-3-7-19/h1-3,6-11,18H,4-5,12-15H2,(H,23,26)(H,24,27). The minimum absolute atomic E-state index is 0.0928. The lowest BCUT2D eigenvalue weighted by Crippen LogP contribution is -2.47. The second-order valence-corrected chi connectivity index (χ2v) is 9.39. The Kier molecular flexibility index (Phi) is 7.47. The van der Waals surface area contributed by atoms with Crippen LogP contribution in [0.25, 0.3) is 0 Å². The topological polar surface area (TPSA) is 95.6 Å². The molecular formula is C21H24ClN3O4S. The number of hydrogen-bond acceptors (Lipinski definition) is 4. The van der Waals surface area contributed by atoms with Gasteiger partial charge in [-0.15, -0.1) is 0 Å². The molecule has 1 atom stereocenters. The van der Waals surface area contributed by atoms with Crippen molar-refractivity contribution in [1.29, 1.82) is 0 Å². The summed E-state index contributed by atoms with van der Waals surface area (Å²) < 4.78 is 27.1. The fourth-order valence-corrected chi connectivity index (χ4v) is 5.24. The van der Waals surface area contributed by atoms with E-state index in [4.69, 9.17) is 11.6 Å². The first kappa shape index (κ1) is 22.3. The van der Waals surface area contributed by atoms with Crippen molar-refractivity contribution in [2.45, 2.75) is 30.2 Å². The monoisotopic (exact) mass is 449 g/mol. The quantitative estimate of drug-likeness (QED) is 0.632. The van der Waals surface area contributed by atoms with Gasteiger partial charge in [-0.1, -0.05) is 41.9 Å². The van der Waals surface area contributed by atoms with E-state index in [0.29, 0.717) is 37.4 Å². The lowest BCUT2D eigenvalue weighted by Gasteiger charge is -2.24. The summed E-state index contributed by atoms with van der Waals surface area (Å²) in [6, 6.07) is 15.1. The molecule has 0 spiro atoms. The average molecular weight is 450 g/mol. The summed E-state index contributed by atoms with van der Waals surface area (Å²) in [5, 5.41) is 5.77. The number of sulfonamides is 1. The van der Waals surface area contributed by atoms with Gasteiger partial charge in [0.05, 0.1) is 4.90 Å². The molecule has 0 saturated carbocycles. The molecule has 1 fully saturated rings. The Morgan fingerprint density at radius 1 is 1.00 bits per heavy atom. The number of nitrogens with zero attached hydrogens (tertiary/aromatic N) is 1. The smallest absolute Gasteiger partial charge is 0.309 e. The molecule has 2 N–H and O–H groups in total. The van der Waals surface area contributed by atoms with Gasteiger partial charge in [-0.05, 0) is 49.1 Å². The fraction of sp³-hybridized carbons (Fsp3) is 0.333. The predicted octanol–water partition coefficient (Wildman–Crippen LogP) is 1.97. The van der Waals surface area contributed by atoms with Crippen molar-refractivity contribution in [3.63, 3.8) is 0 Å². The molecule has 1 aliphatic heterocycles. The first-order valence-corrected chi connectivity index (χ1v) is 11.6.